The lowest BCUT2D eigenvalue weighted by Crippen LogP contribution is -1.92. The summed E-state index contributed by atoms with van der Waals surface area (Å²) in [5.74, 6) is -0.173. The van der Waals surface area contributed by atoms with Crippen LogP contribution in [-0.2, 0) is 0 Å². The number of aromatic nitrogens is 2. The molecule has 0 aliphatic rings. The van der Waals surface area contributed by atoms with E-state index < -0.39 is 0 Å². The zero-order valence-corrected chi connectivity index (χ0v) is 6.07. The Balaban J connectivity index is 2.83. The van der Waals surface area contributed by atoms with E-state index in [1.807, 2.05) is 0 Å². The van der Waals surface area contributed by atoms with Crippen molar-refractivity contribution in [2.45, 2.75) is 0 Å². The van der Waals surface area contributed by atoms with Crippen molar-refractivity contribution >= 4 is 11.8 Å². The molecule has 4 heteroatoms. The molecular formula is C8H5FN2O. The summed E-state index contributed by atoms with van der Waals surface area (Å²) in [7, 11) is 0. The maximum Gasteiger partial charge on any atom is 0.185 e. The number of carbonyl (C=O) groups excluding carboxylic acids is 1. The second-order valence-corrected chi connectivity index (χ2v) is 2.38. The highest BCUT2D eigenvalue weighted by Crippen LogP contribution is 2.06. The van der Waals surface area contributed by atoms with Crippen LogP contribution in [0, 0.1) is 5.82 Å². The number of aldehydes is 1. The summed E-state index contributed by atoms with van der Waals surface area (Å²) in [6.45, 7) is 0. The lowest BCUT2D eigenvalue weighted by atomic mass is 10.4. The van der Waals surface area contributed by atoms with E-state index in [0.29, 0.717) is 11.8 Å². The predicted molar refractivity (Wildman–Crippen MR) is 40.5 cm³/mol. The van der Waals surface area contributed by atoms with Crippen molar-refractivity contribution in [1.82, 2.24) is 9.38 Å². The second kappa shape index (κ2) is 2.41. The van der Waals surface area contributed by atoms with Crippen LogP contribution in [0.1, 0.15) is 10.6 Å². The number of pyridine rings is 1. The number of rotatable bonds is 1. The van der Waals surface area contributed by atoms with Gasteiger partial charge in [0.1, 0.15) is 5.82 Å². The van der Waals surface area contributed by atoms with Crippen molar-refractivity contribution in [3.63, 3.8) is 0 Å². The van der Waals surface area contributed by atoms with Gasteiger partial charge in [0.25, 0.3) is 0 Å². The van der Waals surface area contributed by atoms with Gasteiger partial charge in [-0.05, 0) is 12.1 Å². The van der Waals surface area contributed by atoms with Gasteiger partial charge in [-0.15, -0.1) is 0 Å². The molecule has 0 aromatic carbocycles. The molecule has 0 saturated heterocycles. The fourth-order valence-corrected chi connectivity index (χ4v) is 1.07. The molecule has 2 rings (SSSR count). The average Bonchev–Trinajstić information content (AvgIpc) is 2.46. The smallest absolute Gasteiger partial charge is 0.185 e. The first kappa shape index (κ1) is 6.97. The van der Waals surface area contributed by atoms with Crippen molar-refractivity contribution < 1.29 is 9.18 Å². The van der Waals surface area contributed by atoms with Crippen LogP contribution in [0.3, 0.4) is 0 Å². The minimum atomic E-state index is -0.386. The van der Waals surface area contributed by atoms with Gasteiger partial charge >= 0.3 is 0 Å². The van der Waals surface area contributed by atoms with Gasteiger partial charge in [-0.2, -0.15) is 0 Å². The van der Waals surface area contributed by atoms with Crippen LogP contribution < -0.4 is 0 Å². The van der Waals surface area contributed by atoms with E-state index >= 15 is 0 Å². The molecular weight excluding hydrogens is 159 g/mol. The predicted octanol–water partition coefficient (Wildman–Crippen LogP) is 1.29. The molecule has 3 nitrogen and oxygen atoms in total. The van der Waals surface area contributed by atoms with Crippen LogP contribution in [0.2, 0.25) is 0 Å². The van der Waals surface area contributed by atoms with Gasteiger partial charge in [0, 0.05) is 6.20 Å². The molecule has 0 spiro atoms. The molecule has 0 atom stereocenters. The number of carbonyl (C=O) groups is 1. The number of imidazole rings is 1. The Hall–Kier alpha value is -1.71. The molecule has 0 unspecified atom stereocenters. The molecule has 2 aromatic rings. The summed E-state index contributed by atoms with van der Waals surface area (Å²) in [4.78, 5) is 14.2. The number of hydrogen-bond donors (Lipinski definition) is 0. The quantitative estimate of drug-likeness (QED) is 0.595. The summed E-state index contributed by atoms with van der Waals surface area (Å²) >= 11 is 0. The molecule has 0 aliphatic carbocycles. The van der Waals surface area contributed by atoms with Crippen LogP contribution in [0.25, 0.3) is 5.52 Å². The fraction of sp³-hybridized carbons (Fsp3) is 0. The molecule has 0 saturated carbocycles. The molecule has 0 N–H and O–H groups in total. The number of hydrogen-bond acceptors (Lipinski definition) is 2. The standard InChI is InChI=1S/C8H5FN2O/c9-6-1-2-7-3-10-8(5-12)11(7)4-6/h1-5H. The Morgan fingerprint density at radius 2 is 2.33 bits per heavy atom. The molecule has 0 radical (unpaired) electrons. The lowest BCUT2D eigenvalue weighted by Gasteiger charge is -1.93. The number of nitrogens with zero attached hydrogens (tertiary/aromatic N) is 2. The minimum absolute atomic E-state index is 0.213. The van der Waals surface area contributed by atoms with E-state index in [-0.39, 0.29) is 11.6 Å². The van der Waals surface area contributed by atoms with Gasteiger partial charge in [-0.1, -0.05) is 0 Å². The second-order valence-electron chi connectivity index (χ2n) is 2.38. The first-order valence-corrected chi connectivity index (χ1v) is 3.39. The van der Waals surface area contributed by atoms with E-state index in [0.717, 1.165) is 0 Å². The van der Waals surface area contributed by atoms with Crippen LogP contribution in [0.5, 0.6) is 0 Å². The summed E-state index contributed by atoms with van der Waals surface area (Å²) in [5.41, 5.74) is 0.707. The summed E-state index contributed by atoms with van der Waals surface area (Å²) in [6, 6.07) is 2.89. The van der Waals surface area contributed by atoms with Gasteiger partial charge in [0.05, 0.1) is 11.7 Å². The first-order valence-electron chi connectivity index (χ1n) is 3.39. The van der Waals surface area contributed by atoms with Gasteiger partial charge in [0.2, 0.25) is 0 Å². The normalized spacial score (nSPS) is 10.4. The monoisotopic (exact) mass is 164 g/mol. The van der Waals surface area contributed by atoms with Crippen molar-refractivity contribution in [2.75, 3.05) is 0 Å². The van der Waals surface area contributed by atoms with Crippen LogP contribution in [0.4, 0.5) is 4.39 Å². The third kappa shape index (κ3) is 0.887. The van der Waals surface area contributed by atoms with E-state index in [1.54, 1.807) is 6.07 Å². The van der Waals surface area contributed by atoms with Gasteiger partial charge < -0.3 is 0 Å². The van der Waals surface area contributed by atoms with Gasteiger partial charge in [0.15, 0.2) is 12.1 Å². The first-order chi connectivity index (χ1) is 5.81. The molecule has 2 heterocycles. The fourth-order valence-electron chi connectivity index (χ4n) is 1.07. The molecule has 60 valence electrons. The Labute approximate surface area is 67.5 Å². The number of fused-ring (bicyclic) bond motifs is 1. The van der Waals surface area contributed by atoms with E-state index in [9.17, 15) is 9.18 Å². The SMILES string of the molecule is O=Cc1ncc2ccc(F)cn12. The lowest BCUT2D eigenvalue weighted by molar-refractivity contribution is 0.111. The molecule has 12 heavy (non-hydrogen) atoms. The van der Waals surface area contributed by atoms with Gasteiger partial charge in [-0.3, -0.25) is 9.20 Å². The number of halogens is 1. The molecule has 0 fully saturated rings. The summed E-state index contributed by atoms with van der Waals surface area (Å²) in [6.07, 6.45) is 3.33. The zero-order valence-electron chi connectivity index (χ0n) is 6.07. The van der Waals surface area contributed by atoms with Crippen LogP contribution in [-0.4, -0.2) is 15.7 Å². The molecule has 2 aromatic heterocycles. The maximum atomic E-state index is 12.7. The van der Waals surface area contributed by atoms with E-state index in [2.05, 4.69) is 4.98 Å². The van der Waals surface area contributed by atoms with E-state index in [1.165, 1.54) is 22.9 Å². The molecule has 0 aliphatic heterocycles. The Kier molecular flexibility index (Phi) is 1.40. The Morgan fingerprint density at radius 3 is 3.08 bits per heavy atom. The minimum Gasteiger partial charge on any atom is -0.295 e. The van der Waals surface area contributed by atoms with Crippen LogP contribution >= 0.6 is 0 Å². The highest BCUT2D eigenvalue weighted by molar-refractivity contribution is 5.72. The average molecular weight is 164 g/mol. The zero-order chi connectivity index (χ0) is 8.55. The highest BCUT2D eigenvalue weighted by atomic mass is 19.1. The van der Waals surface area contributed by atoms with Crippen molar-refractivity contribution in [3.05, 3.63) is 36.2 Å². The third-order valence-corrected chi connectivity index (χ3v) is 1.63. The topological polar surface area (TPSA) is 34.4 Å². The maximum absolute atomic E-state index is 12.7. The summed E-state index contributed by atoms with van der Waals surface area (Å²) in [5, 5.41) is 0. The third-order valence-electron chi connectivity index (χ3n) is 1.63. The van der Waals surface area contributed by atoms with E-state index in [4.69, 9.17) is 0 Å². The van der Waals surface area contributed by atoms with Gasteiger partial charge in [-0.25, -0.2) is 9.37 Å². The molecule has 0 amide bonds. The highest BCUT2D eigenvalue weighted by Gasteiger charge is 2.01. The van der Waals surface area contributed by atoms with Crippen molar-refractivity contribution in [1.29, 1.82) is 0 Å². The molecule has 0 bridgehead atoms. The summed E-state index contributed by atoms with van der Waals surface area (Å²) < 4.78 is 14.1. The largest absolute Gasteiger partial charge is 0.295 e. The van der Waals surface area contributed by atoms with Crippen molar-refractivity contribution in [2.24, 2.45) is 0 Å². The Bertz CT molecular complexity index is 436. The van der Waals surface area contributed by atoms with Crippen molar-refractivity contribution in [3.8, 4) is 0 Å². The Morgan fingerprint density at radius 1 is 1.50 bits per heavy atom. The van der Waals surface area contributed by atoms with Crippen LogP contribution in [0.15, 0.2) is 24.5 Å².